The van der Waals surface area contributed by atoms with E-state index in [9.17, 15) is 18.4 Å². The van der Waals surface area contributed by atoms with Crippen LogP contribution in [0.5, 0.6) is 0 Å². The highest BCUT2D eigenvalue weighted by molar-refractivity contribution is 5.84. The largest absolute Gasteiger partial charge is 0.416 e. The summed E-state index contributed by atoms with van der Waals surface area (Å²) in [6, 6.07) is 7.14. The zero-order chi connectivity index (χ0) is 19.9. The Morgan fingerprint density at radius 2 is 1.96 bits per heavy atom. The van der Waals surface area contributed by atoms with Gasteiger partial charge in [0.2, 0.25) is 5.82 Å². The molecule has 0 amide bonds. The second-order valence-corrected chi connectivity index (χ2v) is 7.02. The average Bonchev–Trinajstić information content (AvgIpc) is 3.43. The molecule has 4 rings (SSSR count). The van der Waals surface area contributed by atoms with Crippen LogP contribution in [0.1, 0.15) is 36.7 Å². The van der Waals surface area contributed by atoms with Crippen molar-refractivity contribution in [2.75, 3.05) is 5.32 Å². The van der Waals surface area contributed by atoms with E-state index in [0.717, 1.165) is 25.0 Å². The van der Waals surface area contributed by atoms with Crippen LogP contribution in [-0.2, 0) is 12.7 Å². The molecule has 3 aromatic rings. The minimum atomic E-state index is -4.36. The lowest BCUT2D eigenvalue weighted by atomic mass is 10.1. The van der Waals surface area contributed by atoms with E-state index >= 15 is 0 Å². The average molecular weight is 386 g/mol. The van der Waals surface area contributed by atoms with Crippen molar-refractivity contribution in [1.82, 2.24) is 19.5 Å². The number of fused-ring (bicyclic) bond motifs is 1. The monoisotopic (exact) mass is 386 g/mol. The van der Waals surface area contributed by atoms with Gasteiger partial charge in [0.05, 0.1) is 11.9 Å². The maximum Gasteiger partial charge on any atom is 0.416 e. The number of anilines is 1. The topological polar surface area (TPSA) is 79.4 Å². The van der Waals surface area contributed by atoms with Crippen molar-refractivity contribution in [3.05, 3.63) is 47.5 Å². The molecule has 0 bridgehead atoms. The van der Waals surface area contributed by atoms with E-state index in [0.29, 0.717) is 35.0 Å². The number of nitriles is 1. The fourth-order valence-electron chi connectivity index (χ4n) is 3.18. The normalized spacial score (nSPS) is 15.4. The van der Waals surface area contributed by atoms with E-state index in [2.05, 4.69) is 27.2 Å². The highest BCUT2D eigenvalue weighted by atomic mass is 19.4. The Bertz CT molecular complexity index is 1040. The highest BCUT2D eigenvalue weighted by Gasteiger charge is 2.30. The van der Waals surface area contributed by atoms with E-state index in [1.807, 2.05) is 6.07 Å². The van der Waals surface area contributed by atoms with Crippen molar-refractivity contribution in [3.63, 3.8) is 0 Å². The van der Waals surface area contributed by atoms with Gasteiger partial charge in [-0.3, -0.25) is 0 Å². The molecule has 9 heteroatoms. The number of imidazole rings is 1. The number of hydrogen-bond acceptors (Lipinski definition) is 5. The number of aromatic nitrogens is 4. The summed E-state index contributed by atoms with van der Waals surface area (Å²) in [6.07, 6.45) is -0.500. The van der Waals surface area contributed by atoms with Crippen molar-refractivity contribution in [2.45, 2.75) is 38.5 Å². The second-order valence-electron chi connectivity index (χ2n) is 7.02. The number of hydrogen-bond donors (Lipinski definition) is 1. The fourth-order valence-corrected chi connectivity index (χ4v) is 3.18. The Morgan fingerprint density at radius 1 is 1.25 bits per heavy atom. The summed E-state index contributed by atoms with van der Waals surface area (Å²) >= 11 is 0. The summed E-state index contributed by atoms with van der Waals surface area (Å²) in [5.74, 6) is 1.12. The van der Waals surface area contributed by atoms with E-state index in [1.54, 1.807) is 10.9 Å². The number of nitrogens with zero attached hydrogens (tertiary/aromatic N) is 5. The minimum absolute atomic E-state index is 0.0257. The van der Waals surface area contributed by atoms with Crippen molar-refractivity contribution in [3.8, 4) is 6.07 Å². The lowest BCUT2D eigenvalue weighted by molar-refractivity contribution is -0.137. The Labute approximate surface area is 159 Å². The summed E-state index contributed by atoms with van der Waals surface area (Å²) in [5, 5.41) is 12.5. The molecule has 0 radical (unpaired) electrons. The van der Waals surface area contributed by atoms with E-state index in [-0.39, 0.29) is 11.9 Å². The molecule has 1 aromatic carbocycles. The Kier molecular flexibility index (Phi) is 4.41. The van der Waals surface area contributed by atoms with Crippen molar-refractivity contribution in [2.24, 2.45) is 5.92 Å². The van der Waals surface area contributed by atoms with E-state index < -0.39 is 11.7 Å². The molecular weight excluding hydrogens is 369 g/mol. The first-order valence-electron chi connectivity index (χ1n) is 8.91. The van der Waals surface area contributed by atoms with Crippen LogP contribution in [0.25, 0.3) is 11.2 Å². The SMILES string of the molecule is C[C@@H](Nc1nc(C#N)nc2ncn(Cc3ccc(C(F)(F)F)cc3)c12)C1CC1. The molecule has 1 N–H and O–H groups in total. The lowest BCUT2D eigenvalue weighted by Gasteiger charge is -2.15. The van der Waals surface area contributed by atoms with Gasteiger partial charge in [-0.05, 0) is 43.4 Å². The summed E-state index contributed by atoms with van der Waals surface area (Å²) in [4.78, 5) is 12.7. The standard InChI is InChI=1S/C19H17F3N6/c1-11(13-4-5-13)25-18-16-17(26-15(8-23)27-18)24-10-28(16)9-12-2-6-14(7-3-12)19(20,21)22/h2-3,6-7,10-11,13H,4-5,9H2,1H3,(H,25,26,27)/t11-/m1/s1. The van der Waals surface area contributed by atoms with Crippen molar-refractivity contribution < 1.29 is 13.2 Å². The molecule has 2 heterocycles. The van der Waals surface area contributed by atoms with Crippen molar-refractivity contribution in [1.29, 1.82) is 5.26 Å². The van der Waals surface area contributed by atoms with Crippen LogP contribution in [0.4, 0.5) is 19.0 Å². The van der Waals surface area contributed by atoms with E-state index in [1.165, 1.54) is 12.1 Å². The van der Waals surface area contributed by atoms with Crippen LogP contribution in [0.3, 0.4) is 0 Å². The lowest BCUT2D eigenvalue weighted by Crippen LogP contribution is -2.19. The van der Waals surface area contributed by atoms with Gasteiger partial charge in [0.25, 0.3) is 0 Å². The number of alkyl halides is 3. The van der Waals surface area contributed by atoms with Crippen LogP contribution < -0.4 is 5.32 Å². The predicted octanol–water partition coefficient (Wildman–Crippen LogP) is 3.98. The van der Waals surface area contributed by atoms with Gasteiger partial charge in [0.1, 0.15) is 11.6 Å². The first kappa shape index (κ1) is 18.2. The molecular formula is C19H17F3N6. The van der Waals surface area contributed by atoms with Crippen LogP contribution in [0.2, 0.25) is 0 Å². The minimum Gasteiger partial charge on any atom is -0.365 e. The first-order chi connectivity index (χ1) is 13.3. The molecule has 0 saturated heterocycles. The zero-order valence-corrected chi connectivity index (χ0v) is 15.0. The van der Waals surface area contributed by atoms with Gasteiger partial charge in [-0.2, -0.15) is 28.4 Å². The predicted molar refractivity (Wildman–Crippen MR) is 96.4 cm³/mol. The summed E-state index contributed by atoms with van der Waals surface area (Å²) in [6.45, 7) is 2.38. The molecule has 1 atom stereocenters. The van der Waals surface area contributed by atoms with Gasteiger partial charge in [0, 0.05) is 12.6 Å². The van der Waals surface area contributed by atoms with Gasteiger partial charge in [-0.15, -0.1) is 0 Å². The highest BCUT2D eigenvalue weighted by Crippen LogP contribution is 2.35. The Hall–Kier alpha value is -3.15. The van der Waals surface area contributed by atoms with Gasteiger partial charge in [-0.1, -0.05) is 12.1 Å². The molecule has 6 nitrogen and oxygen atoms in total. The summed E-state index contributed by atoms with van der Waals surface area (Å²) in [7, 11) is 0. The van der Waals surface area contributed by atoms with Gasteiger partial charge >= 0.3 is 6.18 Å². The molecule has 28 heavy (non-hydrogen) atoms. The molecule has 2 aromatic heterocycles. The van der Waals surface area contributed by atoms with Gasteiger partial charge in [-0.25, -0.2) is 4.98 Å². The molecule has 1 aliphatic rings. The zero-order valence-electron chi connectivity index (χ0n) is 15.0. The molecule has 1 aliphatic carbocycles. The molecule has 1 saturated carbocycles. The number of nitrogens with one attached hydrogen (secondary N) is 1. The number of rotatable bonds is 5. The number of halogens is 3. The quantitative estimate of drug-likeness (QED) is 0.718. The third-order valence-electron chi connectivity index (χ3n) is 4.90. The van der Waals surface area contributed by atoms with E-state index in [4.69, 9.17) is 0 Å². The molecule has 0 aliphatic heterocycles. The molecule has 0 unspecified atom stereocenters. The summed E-state index contributed by atoms with van der Waals surface area (Å²) < 4.78 is 40.0. The van der Waals surface area contributed by atoms with Gasteiger partial charge in [0.15, 0.2) is 11.5 Å². The third-order valence-corrected chi connectivity index (χ3v) is 4.90. The van der Waals surface area contributed by atoms with Crippen LogP contribution in [0.15, 0.2) is 30.6 Å². The third kappa shape index (κ3) is 3.63. The Morgan fingerprint density at radius 3 is 2.57 bits per heavy atom. The first-order valence-corrected chi connectivity index (χ1v) is 8.91. The van der Waals surface area contributed by atoms with Gasteiger partial charge < -0.3 is 9.88 Å². The second kappa shape index (κ2) is 6.78. The smallest absolute Gasteiger partial charge is 0.365 e. The molecule has 144 valence electrons. The maximum absolute atomic E-state index is 12.8. The van der Waals surface area contributed by atoms with Crippen LogP contribution >= 0.6 is 0 Å². The van der Waals surface area contributed by atoms with Crippen molar-refractivity contribution >= 4 is 17.0 Å². The molecule has 0 spiro atoms. The van der Waals surface area contributed by atoms with Crippen LogP contribution in [0, 0.1) is 17.2 Å². The molecule has 1 fully saturated rings. The number of benzene rings is 1. The Balaban J connectivity index is 1.68. The van der Waals surface area contributed by atoms with Crippen LogP contribution in [-0.4, -0.2) is 25.6 Å². The summed E-state index contributed by atoms with van der Waals surface area (Å²) in [5.41, 5.74) is 1.02. The maximum atomic E-state index is 12.8. The fraction of sp³-hybridized carbons (Fsp3) is 0.368.